The predicted molar refractivity (Wildman–Crippen MR) is 133 cm³/mol. The van der Waals surface area contributed by atoms with E-state index in [1.54, 1.807) is 35.1 Å². The fourth-order valence-corrected chi connectivity index (χ4v) is 4.49. The number of halogens is 1. The SMILES string of the molecule is Cn1ncc(-c2ccc3c(=O)[nH]nc(CN4Oc5ccccc5O4)c3c2)c1-c1ccc(Cl)cc1C#N. The highest BCUT2D eigenvalue weighted by Crippen LogP contribution is 2.37. The van der Waals surface area contributed by atoms with Crippen LogP contribution < -0.4 is 15.2 Å². The number of nitrogens with one attached hydrogen (secondary N) is 1. The lowest BCUT2D eigenvalue weighted by Crippen LogP contribution is -2.27. The van der Waals surface area contributed by atoms with E-state index in [9.17, 15) is 10.1 Å². The van der Waals surface area contributed by atoms with Gasteiger partial charge in [-0.05, 0) is 48.0 Å². The van der Waals surface area contributed by atoms with Crippen LogP contribution in [0, 0.1) is 11.3 Å². The van der Waals surface area contributed by atoms with E-state index in [1.807, 2.05) is 43.4 Å². The van der Waals surface area contributed by atoms with Crippen LogP contribution in [0.1, 0.15) is 11.3 Å². The molecule has 3 aromatic carbocycles. The summed E-state index contributed by atoms with van der Waals surface area (Å²) in [6, 6.07) is 20.2. The lowest BCUT2D eigenvalue weighted by molar-refractivity contribution is -0.234. The number of hydrogen-bond acceptors (Lipinski definition) is 7. The first-order chi connectivity index (χ1) is 17.5. The molecule has 0 atom stereocenters. The third-order valence-corrected chi connectivity index (χ3v) is 6.24. The van der Waals surface area contributed by atoms with E-state index in [0.29, 0.717) is 44.1 Å². The van der Waals surface area contributed by atoms with Gasteiger partial charge in [0.05, 0.1) is 34.6 Å². The molecular weight excluding hydrogens is 480 g/mol. The molecule has 2 aromatic heterocycles. The van der Waals surface area contributed by atoms with Gasteiger partial charge < -0.3 is 9.68 Å². The highest BCUT2D eigenvalue weighted by Gasteiger charge is 2.25. The van der Waals surface area contributed by atoms with Gasteiger partial charge in [-0.15, -0.1) is 0 Å². The first-order valence-corrected chi connectivity index (χ1v) is 11.4. The Bertz CT molecular complexity index is 1730. The number of para-hydroxylation sites is 2. The van der Waals surface area contributed by atoms with Gasteiger partial charge >= 0.3 is 0 Å². The Kier molecular flexibility index (Phi) is 5.18. The number of hydrogen-bond donors (Lipinski definition) is 1. The minimum atomic E-state index is -0.303. The smallest absolute Gasteiger partial charge is 0.272 e. The predicted octanol–water partition coefficient (Wildman–Crippen LogP) is 4.62. The molecule has 0 bridgehead atoms. The molecule has 1 N–H and O–H groups in total. The van der Waals surface area contributed by atoms with Crippen molar-refractivity contribution in [2.24, 2.45) is 7.05 Å². The largest absolute Gasteiger partial charge is 0.367 e. The van der Waals surface area contributed by atoms with E-state index in [0.717, 1.165) is 16.8 Å². The van der Waals surface area contributed by atoms with E-state index >= 15 is 0 Å². The molecule has 0 saturated heterocycles. The van der Waals surface area contributed by atoms with E-state index in [1.165, 1.54) is 5.23 Å². The molecule has 176 valence electrons. The normalized spacial score (nSPS) is 12.7. The number of nitriles is 1. The molecule has 5 aromatic rings. The topological polar surface area (TPSA) is 109 Å². The lowest BCUT2D eigenvalue weighted by Gasteiger charge is -2.14. The average molecular weight is 497 g/mol. The van der Waals surface area contributed by atoms with Crippen molar-refractivity contribution in [3.63, 3.8) is 0 Å². The molecule has 3 heterocycles. The minimum absolute atomic E-state index is 0.168. The summed E-state index contributed by atoms with van der Waals surface area (Å²) in [5.74, 6) is 1.20. The second-order valence-corrected chi connectivity index (χ2v) is 8.65. The molecule has 0 fully saturated rings. The molecule has 0 aliphatic carbocycles. The molecule has 0 radical (unpaired) electrons. The van der Waals surface area contributed by atoms with Crippen molar-refractivity contribution in [2.45, 2.75) is 6.54 Å². The summed E-state index contributed by atoms with van der Waals surface area (Å²) >= 11 is 6.11. The molecule has 1 aliphatic heterocycles. The zero-order valence-corrected chi connectivity index (χ0v) is 19.7. The Balaban J connectivity index is 1.44. The fourth-order valence-electron chi connectivity index (χ4n) is 4.32. The Morgan fingerprint density at radius 3 is 2.56 bits per heavy atom. The van der Waals surface area contributed by atoms with Crippen LogP contribution in [0.5, 0.6) is 11.5 Å². The number of benzene rings is 3. The first-order valence-electron chi connectivity index (χ1n) is 11.0. The molecule has 0 unspecified atom stereocenters. The summed E-state index contributed by atoms with van der Waals surface area (Å²) in [6.07, 6.45) is 1.73. The van der Waals surface area contributed by atoms with Crippen LogP contribution in [0.25, 0.3) is 33.2 Å². The maximum Gasteiger partial charge on any atom is 0.272 e. The highest BCUT2D eigenvalue weighted by molar-refractivity contribution is 6.30. The first kappa shape index (κ1) is 21.9. The zero-order chi connectivity index (χ0) is 24.8. The summed E-state index contributed by atoms with van der Waals surface area (Å²) in [4.78, 5) is 24.0. The Morgan fingerprint density at radius 2 is 1.81 bits per heavy atom. The number of H-pyrrole nitrogens is 1. The standard InChI is InChI=1S/C26H17ClN6O3/c1-32-25(18-9-7-17(27)10-16(18)12-28)21(13-29-32)15-6-8-19-20(11-15)22(30-31-26(19)34)14-33-35-23-4-2-3-5-24(23)36-33/h2-11,13H,14H2,1H3,(H,31,34). The number of nitrogens with zero attached hydrogens (tertiary/aromatic N) is 5. The second-order valence-electron chi connectivity index (χ2n) is 8.21. The Hall–Kier alpha value is -4.65. The van der Waals surface area contributed by atoms with E-state index in [4.69, 9.17) is 21.3 Å². The molecule has 0 saturated carbocycles. The molecule has 0 spiro atoms. The van der Waals surface area contributed by atoms with Crippen molar-refractivity contribution in [2.75, 3.05) is 0 Å². The van der Waals surface area contributed by atoms with Crippen molar-refractivity contribution in [1.82, 2.24) is 25.2 Å². The van der Waals surface area contributed by atoms with E-state index in [-0.39, 0.29) is 12.1 Å². The molecule has 9 nitrogen and oxygen atoms in total. The molecule has 6 rings (SSSR count). The van der Waals surface area contributed by atoms with Gasteiger partial charge in [0.15, 0.2) is 11.5 Å². The van der Waals surface area contributed by atoms with Crippen LogP contribution in [0.2, 0.25) is 5.02 Å². The van der Waals surface area contributed by atoms with Crippen molar-refractivity contribution < 1.29 is 9.68 Å². The van der Waals surface area contributed by atoms with E-state index < -0.39 is 0 Å². The number of rotatable bonds is 4. The maximum atomic E-state index is 12.5. The van der Waals surface area contributed by atoms with Crippen molar-refractivity contribution >= 4 is 22.4 Å². The average Bonchev–Trinajstić information content (AvgIpc) is 3.48. The van der Waals surface area contributed by atoms with Gasteiger partial charge in [-0.3, -0.25) is 9.48 Å². The van der Waals surface area contributed by atoms with Crippen molar-refractivity contribution in [1.29, 1.82) is 5.26 Å². The minimum Gasteiger partial charge on any atom is -0.367 e. The molecule has 0 amide bonds. The molecular formula is C26H17ClN6O3. The Morgan fingerprint density at radius 1 is 1.03 bits per heavy atom. The van der Waals surface area contributed by atoms with Gasteiger partial charge in [-0.2, -0.15) is 15.5 Å². The monoisotopic (exact) mass is 496 g/mol. The third-order valence-electron chi connectivity index (χ3n) is 6.00. The van der Waals surface area contributed by atoms with E-state index in [2.05, 4.69) is 21.4 Å². The number of aromatic amines is 1. The van der Waals surface area contributed by atoms with Gasteiger partial charge in [0, 0.05) is 33.8 Å². The third kappa shape index (κ3) is 3.65. The molecule has 36 heavy (non-hydrogen) atoms. The van der Waals surface area contributed by atoms with Crippen LogP contribution in [-0.4, -0.2) is 25.2 Å². The van der Waals surface area contributed by atoms with Gasteiger partial charge in [-0.1, -0.05) is 29.8 Å². The van der Waals surface area contributed by atoms with Crippen molar-refractivity contribution in [3.05, 3.63) is 93.5 Å². The summed E-state index contributed by atoms with van der Waals surface area (Å²) in [7, 11) is 1.81. The summed E-state index contributed by atoms with van der Waals surface area (Å²) in [6.45, 7) is 0.168. The number of fused-ring (bicyclic) bond motifs is 2. The maximum absolute atomic E-state index is 12.5. The highest BCUT2D eigenvalue weighted by atomic mass is 35.5. The van der Waals surface area contributed by atoms with Gasteiger partial charge in [0.1, 0.15) is 6.54 Å². The van der Waals surface area contributed by atoms with Gasteiger partial charge in [0.25, 0.3) is 5.56 Å². The Labute approximate surface area is 209 Å². The quantitative estimate of drug-likeness (QED) is 0.386. The summed E-state index contributed by atoms with van der Waals surface area (Å²) in [5.41, 5.74) is 3.77. The van der Waals surface area contributed by atoms with Crippen LogP contribution in [-0.2, 0) is 13.6 Å². The van der Waals surface area contributed by atoms with Crippen LogP contribution in [0.15, 0.2) is 71.7 Å². The van der Waals surface area contributed by atoms with Crippen LogP contribution in [0.3, 0.4) is 0 Å². The van der Waals surface area contributed by atoms with Gasteiger partial charge in [0.2, 0.25) is 0 Å². The van der Waals surface area contributed by atoms with Crippen molar-refractivity contribution in [3.8, 4) is 40.0 Å². The lowest BCUT2D eigenvalue weighted by atomic mass is 9.96. The number of hydroxylamine groups is 2. The van der Waals surface area contributed by atoms with Crippen LogP contribution in [0.4, 0.5) is 0 Å². The fraction of sp³-hybridized carbons (Fsp3) is 0.0769. The van der Waals surface area contributed by atoms with Crippen LogP contribution >= 0.6 is 11.6 Å². The molecule has 1 aliphatic rings. The van der Waals surface area contributed by atoms with Gasteiger partial charge in [-0.25, -0.2) is 5.10 Å². The number of aryl methyl sites for hydroxylation is 1. The zero-order valence-electron chi connectivity index (χ0n) is 18.9. The summed E-state index contributed by atoms with van der Waals surface area (Å²) in [5, 5.41) is 23.9. The number of aromatic nitrogens is 4. The molecule has 10 heteroatoms. The summed E-state index contributed by atoms with van der Waals surface area (Å²) < 4.78 is 1.71. The second kappa shape index (κ2) is 8.53.